The lowest BCUT2D eigenvalue weighted by Crippen LogP contribution is -2.36. The van der Waals surface area contributed by atoms with E-state index in [9.17, 15) is 14.4 Å². The fraction of sp³-hybridized carbons (Fsp3) is 0.105. The Morgan fingerprint density at radius 3 is 2.48 bits per heavy atom. The standard InChI is InChI=1S/C19H14BrNO4/c1-11(19(24)25-2)16(12-6-4-3-5-7-12)21-15-10-13(20)8-9-14(15)17(22)18(21)23/h3-10,16H,1H2,2H3/t16-/m1/s1. The summed E-state index contributed by atoms with van der Waals surface area (Å²) >= 11 is 3.35. The van der Waals surface area contributed by atoms with Crippen LogP contribution in [0.5, 0.6) is 0 Å². The molecule has 1 heterocycles. The number of anilines is 1. The highest BCUT2D eigenvalue weighted by Gasteiger charge is 2.42. The van der Waals surface area contributed by atoms with E-state index in [4.69, 9.17) is 4.74 Å². The normalized spacial score (nSPS) is 14.2. The summed E-state index contributed by atoms with van der Waals surface area (Å²) in [6.07, 6.45) is 0. The molecule has 0 fully saturated rings. The van der Waals surface area contributed by atoms with Crippen LogP contribution in [0.1, 0.15) is 22.0 Å². The third-order valence-electron chi connectivity index (χ3n) is 4.03. The summed E-state index contributed by atoms with van der Waals surface area (Å²) in [5.74, 6) is -1.95. The molecule has 0 radical (unpaired) electrons. The van der Waals surface area contributed by atoms with Gasteiger partial charge in [-0.05, 0) is 23.8 Å². The first-order valence-electron chi connectivity index (χ1n) is 7.45. The molecule has 126 valence electrons. The van der Waals surface area contributed by atoms with Crippen LogP contribution < -0.4 is 4.90 Å². The third kappa shape index (κ3) is 2.89. The molecule has 25 heavy (non-hydrogen) atoms. The van der Waals surface area contributed by atoms with Crippen molar-refractivity contribution in [2.75, 3.05) is 12.0 Å². The van der Waals surface area contributed by atoms with Crippen LogP contribution in [-0.2, 0) is 14.3 Å². The quantitative estimate of drug-likeness (QED) is 0.448. The molecule has 0 bridgehead atoms. The molecule has 2 aromatic rings. The molecule has 0 saturated heterocycles. The Labute approximate surface area is 153 Å². The van der Waals surface area contributed by atoms with Gasteiger partial charge in [-0.15, -0.1) is 0 Å². The topological polar surface area (TPSA) is 63.7 Å². The second-order valence-corrected chi connectivity index (χ2v) is 6.41. The maximum absolute atomic E-state index is 12.7. The zero-order valence-corrected chi connectivity index (χ0v) is 14.9. The highest BCUT2D eigenvalue weighted by atomic mass is 79.9. The van der Waals surface area contributed by atoms with Crippen molar-refractivity contribution in [3.63, 3.8) is 0 Å². The molecule has 0 aromatic heterocycles. The summed E-state index contributed by atoms with van der Waals surface area (Å²) in [6.45, 7) is 3.81. The van der Waals surface area contributed by atoms with E-state index in [0.29, 0.717) is 21.3 Å². The summed E-state index contributed by atoms with van der Waals surface area (Å²) in [6, 6.07) is 13.1. The molecule has 2 aromatic carbocycles. The van der Waals surface area contributed by atoms with Gasteiger partial charge in [-0.25, -0.2) is 4.79 Å². The molecule has 5 nitrogen and oxygen atoms in total. The summed E-state index contributed by atoms with van der Waals surface area (Å²) in [5.41, 5.74) is 1.46. The van der Waals surface area contributed by atoms with Crippen molar-refractivity contribution in [2.45, 2.75) is 6.04 Å². The number of benzene rings is 2. The van der Waals surface area contributed by atoms with Crippen LogP contribution >= 0.6 is 15.9 Å². The van der Waals surface area contributed by atoms with Crippen LogP contribution in [0.15, 0.2) is 65.2 Å². The molecule has 3 rings (SSSR count). The minimum atomic E-state index is -0.833. The average Bonchev–Trinajstić information content (AvgIpc) is 2.86. The largest absolute Gasteiger partial charge is 0.466 e. The monoisotopic (exact) mass is 399 g/mol. The molecular weight excluding hydrogens is 386 g/mol. The number of carbonyl (C=O) groups excluding carboxylic acids is 3. The molecule has 1 amide bonds. The van der Waals surface area contributed by atoms with Gasteiger partial charge in [0.05, 0.1) is 30.0 Å². The van der Waals surface area contributed by atoms with E-state index >= 15 is 0 Å². The predicted octanol–water partition coefficient (Wildman–Crippen LogP) is 3.45. The molecule has 1 atom stereocenters. The van der Waals surface area contributed by atoms with E-state index in [1.165, 1.54) is 12.0 Å². The minimum absolute atomic E-state index is 0.0719. The third-order valence-corrected chi connectivity index (χ3v) is 4.52. The second kappa shape index (κ2) is 6.64. The first kappa shape index (κ1) is 17.1. The maximum Gasteiger partial charge on any atom is 0.335 e. The number of Topliss-reactive ketones (excluding diaryl/α,β-unsaturated/α-hetero) is 1. The van der Waals surface area contributed by atoms with E-state index in [0.717, 1.165) is 0 Å². The Bertz CT molecular complexity index is 892. The Hall–Kier alpha value is -2.73. The lowest BCUT2D eigenvalue weighted by molar-refractivity contribution is -0.136. The zero-order chi connectivity index (χ0) is 18.1. The molecule has 0 unspecified atom stereocenters. The number of esters is 1. The van der Waals surface area contributed by atoms with E-state index in [2.05, 4.69) is 22.5 Å². The van der Waals surface area contributed by atoms with Crippen molar-refractivity contribution >= 4 is 39.3 Å². The molecule has 0 aliphatic carbocycles. The lowest BCUT2D eigenvalue weighted by atomic mass is 9.98. The van der Waals surface area contributed by atoms with Gasteiger partial charge in [-0.1, -0.05) is 52.8 Å². The smallest absolute Gasteiger partial charge is 0.335 e. The van der Waals surface area contributed by atoms with Crippen molar-refractivity contribution in [1.29, 1.82) is 0 Å². The first-order chi connectivity index (χ1) is 12.0. The number of amides is 1. The molecule has 0 N–H and O–H groups in total. The van der Waals surface area contributed by atoms with E-state index < -0.39 is 23.7 Å². The highest BCUT2D eigenvalue weighted by Crippen LogP contribution is 2.40. The molecule has 0 spiro atoms. The van der Waals surface area contributed by atoms with Crippen LogP contribution in [0.3, 0.4) is 0 Å². The van der Waals surface area contributed by atoms with Gasteiger partial charge in [0.2, 0.25) is 0 Å². The lowest BCUT2D eigenvalue weighted by Gasteiger charge is -2.29. The van der Waals surface area contributed by atoms with Crippen LogP contribution in [0.2, 0.25) is 0 Å². The average molecular weight is 400 g/mol. The van der Waals surface area contributed by atoms with Crippen molar-refractivity contribution < 1.29 is 19.1 Å². The molecule has 1 aliphatic rings. The summed E-state index contributed by atoms with van der Waals surface area (Å²) in [7, 11) is 1.25. The number of rotatable bonds is 4. The second-order valence-electron chi connectivity index (χ2n) is 5.50. The van der Waals surface area contributed by atoms with Gasteiger partial charge in [0.25, 0.3) is 11.7 Å². The van der Waals surface area contributed by atoms with Gasteiger partial charge in [-0.3, -0.25) is 14.5 Å². The number of nitrogens with zero attached hydrogens (tertiary/aromatic N) is 1. The number of ketones is 1. The zero-order valence-electron chi connectivity index (χ0n) is 13.4. The number of hydrogen-bond donors (Lipinski definition) is 0. The van der Waals surface area contributed by atoms with Gasteiger partial charge in [0.15, 0.2) is 0 Å². The van der Waals surface area contributed by atoms with Crippen LogP contribution in [0.4, 0.5) is 5.69 Å². The molecular formula is C19H14BrNO4. The van der Waals surface area contributed by atoms with Crippen LogP contribution in [0.25, 0.3) is 0 Å². The minimum Gasteiger partial charge on any atom is -0.466 e. The van der Waals surface area contributed by atoms with Gasteiger partial charge < -0.3 is 4.74 Å². The van der Waals surface area contributed by atoms with Crippen molar-refractivity contribution in [1.82, 2.24) is 0 Å². The van der Waals surface area contributed by atoms with Crippen molar-refractivity contribution in [2.24, 2.45) is 0 Å². The predicted molar refractivity (Wildman–Crippen MR) is 96.3 cm³/mol. The van der Waals surface area contributed by atoms with Crippen molar-refractivity contribution in [3.05, 3.63) is 76.3 Å². The Kier molecular flexibility index (Phi) is 4.55. The van der Waals surface area contributed by atoms with Gasteiger partial charge >= 0.3 is 5.97 Å². The first-order valence-corrected chi connectivity index (χ1v) is 8.24. The van der Waals surface area contributed by atoms with E-state index in [-0.39, 0.29) is 5.57 Å². The molecule has 0 saturated carbocycles. The number of methoxy groups -OCH3 is 1. The van der Waals surface area contributed by atoms with Crippen molar-refractivity contribution in [3.8, 4) is 0 Å². The number of halogens is 1. The Balaban J connectivity index is 2.19. The maximum atomic E-state index is 12.7. The molecule has 1 aliphatic heterocycles. The van der Waals surface area contributed by atoms with E-state index in [1.54, 1.807) is 42.5 Å². The number of fused-ring (bicyclic) bond motifs is 1. The van der Waals surface area contributed by atoms with Crippen LogP contribution in [0, 0.1) is 0 Å². The summed E-state index contributed by atoms with van der Waals surface area (Å²) in [4.78, 5) is 38.4. The van der Waals surface area contributed by atoms with Gasteiger partial charge in [0, 0.05) is 4.47 Å². The fourth-order valence-electron chi connectivity index (χ4n) is 2.87. The van der Waals surface area contributed by atoms with Crippen LogP contribution in [-0.4, -0.2) is 24.8 Å². The van der Waals surface area contributed by atoms with Gasteiger partial charge in [0.1, 0.15) is 0 Å². The molecule has 6 heteroatoms. The Morgan fingerprint density at radius 2 is 1.84 bits per heavy atom. The number of hydrogen-bond acceptors (Lipinski definition) is 4. The number of carbonyl (C=O) groups is 3. The summed E-state index contributed by atoms with van der Waals surface area (Å²) in [5, 5.41) is 0. The Morgan fingerprint density at radius 1 is 1.16 bits per heavy atom. The number of ether oxygens (including phenoxy) is 1. The van der Waals surface area contributed by atoms with Gasteiger partial charge in [-0.2, -0.15) is 0 Å². The summed E-state index contributed by atoms with van der Waals surface area (Å²) < 4.78 is 5.49. The fourth-order valence-corrected chi connectivity index (χ4v) is 3.22. The van der Waals surface area contributed by atoms with E-state index in [1.807, 2.05) is 6.07 Å². The highest BCUT2D eigenvalue weighted by molar-refractivity contribution is 9.10. The SMILES string of the molecule is C=C(C(=O)OC)[C@H](c1ccccc1)N1C(=O)C(=O)c2ccc(Br)cc21.